The summed E-state index contributed by atoms with van der Waals surface area (Å²) in [6, 6.07) is 24.9. The molecule has 0 N–H and O–H groups in total. The summed E-state index contributed by atoms with van der Waals surface area (Å²) in [6.07, 6.45) is -3.52. The van der Waals surface area contributed by atoms with Crippen LogP contribution in [0.2, 0.25) is 0 Å². The molecule has 0 saturated carbocycles. The number of benzene rings is 3. The molecular weight excluding hydrogens is 411 g/mol. The lowest BCUT2D eigenvalue weighted by atomic mass is 10.00. The van der Waals surface area contributed by atoms with Gasteiger partial charge in [-0.3, -0.25) is 0 Å². The molecule has 6 heteroatoms. The maximum Gasteiger partial charge on any atom is 0.416 e. The van der Waals surface area contributed by atoms with Gasteiger partial charge in [-0.1, -0.05) is 66.7 Å². The Morgan fingerprint density at radius 3 is 2.22 bits per heavy atom. The maximum absolute atomic E-state index is 13.3. The third-order valence-electron chi connectivity index (χ3n) is 5.68. The number of rotatable bonds is 3. The van der Waals surface area contributed by atoms with E-state index in [1.54, 1.807) is 12.1 Å². The Balaban J connectivity index is 1.61. The van der Waals surface area contributed by atoms with Gasteiger partial charge in [0.1, 0.15) is 5.82 Å². The molecule has 32 heavy (non-hydrogen) atoms. The number of alkyl halides is 3. The fourth-order valence-electron chi connectivity index (χ4n) is 4.01. The van der Waals surface area contributed by atoms with E-state index in [0.717, 1.165) is 30.7 Å². The van der Waals surface area contributed by atoms with E-state index in [0.29, 0.717) is 29.4 Å². The summed E-state index contributed by atoms with van der Waals surface area (Å²) >= 11 is 0. The quantitative estimate of drug-likeness (QED) is 0.376. The van der Waals surface area contributed by atoms with Crippen LogP contribution >= 0.6 is 0 Å². The zero-order valence-electron chi connectivity index (χ0n) is 17.2. The fourth-order valence-corrected chi connectivity index (χ4v) is 4.01. The Morgan fingerprint density at radius 1 is 0.719 bits per heavy atom. The van der Waals surface area contributed by atoms with Crippen LogP contribution in [0.5, 0.6) is 0 Å². The highest BCUT2D eigenvalue weighted by Gasteiger charge is 2.30. The highest BCUT2D eigenvalue weighted by molar-refractivity contribution is 5.68. The fraction of sp³-hybridized carbons (Fsp3) is 0.154. The van der Waals surface area contributed by atoms with Crippen LogP contribution in [0.25, 0.3) is 22.6 Å². The molecular formula is C26H20F3N3. The lowest BCUT2D eigenvalue weighted by Crippen LogP contribution is -2.31. The lowest BCUT2D eigenvalue weighted by molar-refractivity contribution is -0.137. The molecule has 160 valence electrons. The molecule has 1 aromatic heterocycles. The SMILES string of the molecule is FC(F)(F)c1cccc(-c2cc(N3CCc4ccccc4C3)nc(-c3ccccc3)n2)c1. The van der Waals surface area contributed by atoms with E-state index >= 15 is 0 Å². The average Bonchev–Trinajstić information content (AvgIpc) is 2.83. The van der Waals surface area contributed by atoms with Crippen LogP contribution in [-0.2, 0) is 19.1 Å². The Bertz CT molecular complexity index is 1250. The molecule has 0 amide bonds. The summed E-state index contributed by atoms with van der Waals surface area (Å²) in [5.74, 6) is 1.20. The van der Waals surface area contributed by atoms with Crippen LogP contribution in [0, 0.1) is 0 Å². The van der Waals surface area contributed by atoms with Crippen molar-refractivity contribution < 1.29 is 13.2 Å². The summed E-state index contributed by atoms with van der Waals surface area (Å²) < 4.78 is 39.9. The summed E-state index contributed by atoms with van der Waals surface area (Å²) in [6.45, 7) is 1.48. The van der Waals surface area contributed by atoms with Gasteiger partial charge in [0.25, 0.3) is 0 Å². The molecule has 2 heterocycles. The standard InChI is InChI=1S/C26H20F3N3/c27-26(28,29)22-12-6-11-20(15-22)23-16-24(31-25(30-23)19-8-2-1-3-9-19)32-14-13-18-7-4-5-10-21(18)17-32/h1-12,15-16H,13-14,17H2. The third kappa shape index (κ3) is 4.08. The first-order chi connectivity index (χ1) is 15.5. The van der Waals surface area contributed by atoms with E-state index in [1.165, 1.54) is 17.2 Å². The molecule has 3 nitrogen and oxygen atoms in total. The second-order valence-corrected chi connectivity index (χ2v) is 7.82. The number of nitrogens with zero attached hydrogens (tertiary/aromatic N) is 3. The smallest absolute Gasteiger partial charge is 0.352 e. The number of hydrogen-bond acceptors (Lipinski definition) is 3. The lowest BCUT2D eigenvalue weighted by Gasteiger charge is -2.30. The van der Waals surface area contributed by atoms with Gasteiger partial charge in [0.15, 0.2) is 5.82 Å². The van der Waals surface area contributed by atoms with Gasteiger partial charge in [-0.05, 0) is 29.7 Å². The van der Waals surface area contributed by atoms with Crippen molar-refractivity contribution in [3.63, 3.8) is 0 Å². The molecule has 1 aliphatic rings. The Hall–Kier alpha value is -3.67. The molecule has 0 unspecified atom stereocenters. The van der Waals surface area contributed by atoms with E-state index < -0.39 is 11.7 Å². The van der Waals surface area contributed by atoms with Gasteiger partial charge in [-0.2, -0.15) is 13.2 Å². The van der Waals surface area contributed by atoms with Crippen molar-refractivity contribution in [1.82, 2.24) is 9.97 Å². The number of anilines is 1. The van der Waals surface area contributed by atoms with Gasteiger partial charge in [0, 0.05) is 30.3 Å². The molecule has 4 aromatic rings. The summed E-state index contributed by atoms with van der Waals surface area (Å²) in [4.78, 5) is 11.6. The highest BCUT2D eigenvalue weighted by Crippen LogP contribution is 2.34. The van der Waals surface area contributed by atoms with E-state index in [9.17, 15) is 13.2 Å². The van der Waals surface area contributed by atoms with E-state index in [4.69, 9.17) is 4.98 Å². The molecule has 0 aliphatic carbocycles. The molecule has 3 aromatic carbocycles. The minimum Gasteiger partial charge on any atom is -0.352 e. The van der Waals surface area contributed by atoms with Crippen molar-refractivity contribution in [2.75, 3.05) is 11.4 Å². The van der Waals surface area contributed by atoms with Crippen LogP contribution in [0.15, 0.2) is 84.9 Å². The first-order valence-corrected chi connectivity index (χ1v) is 10.4. The minimum absolute atomic E-state index is 0.415. The van der Waals surface area contributed by atoms with E-state index in [1.807, 2.05) is 42.5 Å². The van der Waals surface area contributed by atoms with Crippen molar-refractivity contribution in [2.24, 2.45) is 0 Å². The Kier molecular flexibility index (Phi) is 5.13. The predicted octanol–water partition coefficient (Wildman–Crippen LogP) is 6.39. The molecule has 0 fully saturated rings. The Labute approximate surface area is 184 Å². The van der Waals surface area contributed by atoms with Gasteiger partial charge in [0.2, 0.25) is 0 Å². The topological polar surface area (TPSA) is 29.0 Å². The molecule has 5 rings (SSSR count). The largest absolute Gasteiger partial charge is 0.416 e. The number of hydrogen-bond donors (Lipinski definition) is 0. The van der Waals surface area contributed by atoms with Gasteiger partial charge >= 0.3 is 6.18 Å². The molecule has 0 bridgehead atoms. The van der Waals surface area contributed by atoms with Crippen molar-refractivity contribution in [1.29, 1.82) is 0 Å². The predicted molar refractivity (Wildman–Crippen MR) is 119 cm³/mol. The van der Waals surface area contributed by atoms with Crippen LogP contribution in [-0.4, -0.2) is 16.5 Å². The molecule has 0 saturated heterocycles. The highest BCUT2D eigenvalue weighted by atomic mass is 19.4. The zero-order valence-corrected chi connectivity index (χ0v) is 17.2. The van der Waals surface area contributed by atoms with Crippen molar-refractivity contribution >= 4 is 5.82 Å². The van der Waals surface area contributed by atoms with Crippen molar-refractivity contribution in [3.05, 3.63) is 102 Å². The zero-order chi connectivity index (χ0) is 22.1. The summed E-state index contributed by atoms with van der Waals surface area (Å²) in [7, 11) is 0. The molecule has 0 atom stereocenters. The second-order valence-electron chi connectivity index (χ2n) is 7.82. The number of fused-ring (bicyclic) bond motifs is 1. The van der Waals surface area contributed by atoms with Crippen molar-refractivity contribution in [3.8, 4) is 22.6 Å². The summed E-state index contributed by atoms with van der Waals surface area (Å²) in [5, 5.41) is 0. The molecule has 0 radical (unpaired) electrons. The van der Waals surface area contributed by atoms with E-state index in [2.05, 4.69) is 22.0 Å². The van der Waals surface area contributed by atoms with Crippen molar-refractivity contribution in [2.45, 2.75) is 19.1 Å². The molecule has 1 aliphatic heterocycles. The normalized spacial score (nSPS) is 13.7. The number of halogens is 3. The van der Waals surface area contributed by atoms with Gasteiger partial charge in [0.05, 0.1) is 11.3 Å². The van der Waals surface area contributed by atoms with E-state index in [-0.39, 0.29) is 0 Å². The van der Waals surface area contributed by atoms with Crippen LogP contribution < -0.4 is 4.90 Å². The third-order valence-corrected chi connectivity index (χ3v) is 5.68. The summed E-state index contributed by atoms with van der Waals surface area (Å²) in [5.41, 5.74) is 3.57. The number of aromatic nitrogens is 2. The van der Waals surface area contributed by atoms with Crippen LogP contribution in [0.4, 0.5) is 19.0 Å². The monoisotopic (exact) mass is 431 g/mol. The first kappa shape index (κ1) is 20.2. The maximum atomic E-state index is 13.3. The minimum atomic E-state index is -4.41. The second kappa shape index (κ2) is 8.11. The Morgan fingerprint density at radius 2 is 1.44 bits per heavy atom. The van der Waals surface area contributed by atoms with Gasteiger partial charge in [-0.25, -0.2) is 9.97 Å². The first-order valence-electron chi connectivity index (χ1n) is 10.4. The molecule has 0 spiro atoms. The van der Waals surface area contributed by atoms with Crippen LogP contribution in [0.1, 0.15) is 16.7 Å². The van der Waals surface area contributed by atoms with Crippen LogP contribution in [0.3, 0.4) is 0 Å². The van der Waals surface area contributed by atoms with Gasteiger partial charge < -0.3 is 4.90 Å². The van der Waals surface area contributed by atoms with Gasteiger partial charge in [-0.15, -0.1) is 0 Å². The average molecular weight is 431 g/mol.